The van der Waals surface area contributed by atoms with Gasteiger partial charge >= 0.3 is 5.97 Å². The maximum Gasteiger partial charge on any atom is 0.311 e. The Kier molecular flexibility index (Phi) is 3.21. The fourth-order valence-electron chi connectivity index (χ4n) is 3.60. The van der Waals surface area contributed by atoms with Gasteiger partial charge in [-0.05, 0) is 30.9 Å². The fraction of sp³-hybridized carbons (Fsp3) is 0.562. The lowest BCUT2D eigenvalue weighted by Gasteiger charge is -2.37. The minimum Gasteiger partial charge on any atom is -0.481 e. The summed E-state index contributed by atoms with van der Waals surface area (Å²) in [5.74, 6) is -0.600. The standard InChI is InChI=1S/C16H21NO2/c18-15(19)16(9-4-1-5-10-16)12-17-11-8-13-6-2-3-7-14(13)17/h2-3,6-7H,1,4-5,8-12H2,(H,18,19). The molecule has 0 saturated heterocycles. The maximum absolute atomic E-state index is 11.7. The summed E-state index contributed by atoms with van der Waals surface area (Å²) in [6.45, 7) is 1.65. The Morgan fingerprint density at radius 3 is 2.68 bits per heavy atom. The van der Waals surface area contributed by atoms with Gasteiger partial charge < -0.3 is 10.0 Å². The average molecular weight is 259 g/mol. The third-order valence-electron chi connectivity index (χ3n) is 4.74. The molecule has 1 N–H and O–H groups in total. The van der Waals surface area contributed by atoms with E-state index in [1.165, 1.54) is 17.7 Å². The summed E-state index contributed by atoms with van der Waals surface area (Å²) in [5.41, 5.74) is 2.09. The van der Waals surface area contributed by atoms with Crippen LogP contribution in [0.15, 0.2) is 24.3 Å². The number of benzene rings is 1. The molecule has 19 heavy (non-hydrogen) atoms. The average Bonchev–Trinajstić information content (AvgIpc) is 2.83. The smallest absolute Gasteiger partial charge is 0.311 e. The van der Waals surface area contributed by atoms with Crippen molar-refractivity contribution in [2.45, 2.75) is 38.5 Å². The number of carboxylic acid groups (broad SMARTS) is 1. The lowest BCUT2D eigenvalue weighted by atomic mass is 9.73. The van der Waals surface area contributed by atoms with Crippen LogP contribution < -0.4 is 4.90 Å². The first-order valence-electron chi connectivity index (χ1n) is 7.28. The first kappa shape index (κ1) is 12.5. The molecule has 3 heteroatoms. The maximum atomic E-state index is 11.7. The van der Waals surface area contributed by atoms with Gasteiger partial charge in [-0.1, -0.05) is 37.5 Å². The number of hydrogen-bond acceptors (Lipinski definition) is 2. The summed E-state index contributed by atoms with van der Waals surface area (Å²) >= 11 is 0. The number of rotatable bonds is 3. The van der Waals surface area contributed by atoms with Gasteiger partial charge in [0.25, 0.3) is 0 Å². The molecule has 3 rings (SSSR count). The molecule has 1 saturated carbocycles. The minimum absolute atomic E-state index is 0.518. The molecule has 3 nitrogen and oxygen atoms in total. The van der Waals surface area contributed by atoms with E-state index in [9.17, 15) is 9.90 Å². The van der Waals surface area contributed by atoms with Crippen molar-refractivity contribution in [2.24, 2.45) is 5.41 Å². The Bertz CT molecular complexity index is 477. The third-order valence-corrected chi connectivity index (χ3v) is 4.74. The Balaban J connectivity index is 1.82. The van der Waals surface area contributed by atoms with Crippen molar-refractivity contribution in [1.29, 1.82) is 0 Å². The fourth-order valence-corrected chi connectivity index (χ4v) is 3.60. The topological polar surface area (TPSA) is 40.5 Å². The van der Waals surface area contributed by atoms with Crippen molar-refractivity contribution < 1.29 is 9.90 Å². The summed E-state index contributed by atoms with van der Waals surface area (Å²) in [6.07, 6.45) is 6.02. The largest absolute Gasteiger partial charge is 0.481 e. The Morgan fingerprint density at radius 1 is 1.21 bits per heavy atom. The summed E-state index contributed by atoms with van der Waals surface area (Å²) in [4.78, 5) is 14.0. The Hall–Kier alpha value is -1.51. The van der Waals surface area contributed by atoms with Crippen molar-refractivity contribution >= 4 is 11.7 Å². The zero-order valence-corrected chi connectivity index (χ0v) is 11.3. The van der Waals surface area contributed by atoms with Crippen LogP contribution in [0.25, 0.3) is 0 Å². The molecule has 0 atom stereocenters. The van der Waals surface area contributed by atoms with Crippen molar-refractivity contribution in [2.75, 3.05) is 18.0 Å². The van der Waals surface area contributed by atoms with E-state index < -0.39 is 11.4 Å². The molecular weight excluding hydrogens is 238 g/mol. The van der Waals surface area contributed by atoms with Gasteiger partial charge in [-0.2, -0.15) is 0 Å². The predicted octanol–water partition coefficient (Wildman–Crippen LogP) is 3.08. The molecular formula is C16H21NO2. The van der Waals surface area contributed by atoms with Gasteiger partial charge in [0.05, 0.1) is 5.41 Å². The van der Waals surface area contributed by atoms with Gasteiger partial charge in [0.1, 0.15) is 0 Å². The summed E-state index contributed by atoms with van der Waals surface area (Å²) in [7, 11) is 0. The summed E-state index contributed by atoms with van der Waals surface area (Å²) in [6, 6.07) is 8.39. The van der Waals surface area contributed by atoms with E-state index in [1.807, 2.05) is 6.07 Å². The molecule has 1 fully saturated rings. The second kappa shape index (κ2) is 4.87. The molecule has 0 unspecified atom stereocenters. The number of carbonyl (C=O) groups is 1. The second-order valence-electron chi connectivity index (χ2n) is 5.95. The van der Waals surface area contributed by atoms with Crippen LogP contribution in [0.3, 0.4) is 0 Å². The number of hydrogen-bond donors (Lipinski definition) is 1. The van der Waals surface area contributed by atoms with Crippen LogP contribution >= 0.6 is 0 Å². The zero-order chi connectivity index (χ0) is 13.3. The molecule has 1 heterocycles. The van der Waals surface area contributed by atoms with Crippen molar-refractivity contribution in [3.63, 3.8) is 0 Å². The zero-order valence-electron chi connectivity index (χ0n) is 11.3. The van der Waals surface area contributed by atoms with Gasteiger partial charge in [-0.15, -0.1) is 0 Å². The predicted molar refractivity (Wildman–Crippen MR) is 75.5 cm³/mol. The summed E-state index contributed by atoms with van der Waals surface area (Å²) < 4.78 is 0. The molecule has 0 radical (unpaired) electrons. The van der Waals surface area contributed by atoms with E-state index >= 15 is 0 Å². The van der Waals surface area contributed by atoms with E-state index in [-0.39, 0.29) is 0 Å². The van der Waals surface area contributed by atoms with Crippen LogP contribution in [0.5, 0.6) is 0 Å². The molecule has 0 spiro atoms. The molecule has 1 aliphatic heterocycles. The lowest BCUT2D eigenvalue weighted by Crippen LogP contribution is -2.44. The number of anilines is 1. The monoisotopic (exact) mass is 259 g/mol. The van der Waals surface area contributed by atoms with Gasteiger partial charge in [0, 0.05) is 18.8 Å². The van der Waals surface area contributed by atoms with E-state index in [1.54, 1.807) is 0 Å². The Labute approximate surface area is 114 Å². The van der Waals surface area contributed by atoms with Gasteiger partial charge in [0.2, 0.25) is 0 Å². The highest BCUT2D eigenvalue weighted by atomic mass is 16.4. The molecule has 1 aromatic carbocycles. The highest BCUT2D eigenvalue weighted by Crippen LogP contribution is 2.40. The lowest BCUT2D eigenvalue weighted by molar-refractivity contribution is -0.150. The highest BCUT2D eigenvalue weighted by molar-refractivity contribution is 5.76. The second-order valence-corrected chi connectivity index (χ2v) is 5.95. The minimum atomic E-state index is -0.600. The number of fused-ring (bicyclic) bond motifs is 1. The number of nitrogens with zero attached hydrogens (tertiary/aromatic N) is 1. The first-order chi connectivity index (χ1) is 9.21. The SMILES string of the molecule is O=C(O)C1(CN2CCc3ccccc32)CCCCC1. The third kappa shape index (κ3) is 2.22. The molecule has 0 bridgehead atoms. The first-order valence-corrected chi connectivity index (χ1v) is 7.28. The van der Waals surface area contributed by atoms with Gasteiger partial charge in [-0.25, -0.2) is 0 Å². The molecule has 0 aromatic heterocycles. The van der Waals surface area contributed by atoms with Crippen LogP contribution in [-0.2, 0) is 11.2 Å². The molecule has 1 aliphatic carbocycles. The van der Waals surface area contributed by atoms with Crippen molar-refractivity contribution in [3.05, 3.63) is 29.8 Å². The van der Waals surface area contributed by atoms with Crippen molar-refractivity contribution in [3.8, 4) is 0 Å². The van der Waals surface area contributed by atoms with E-state index in [0.717, 1.165) is 38.6 Å². The van der Waals surface area contributed by atoms with Crippen LogP contribution in [0.4, 0.5) is 5.69 Å². The Morgan fingerprint density at radius 2 is 1.95 bits per heavy atom. The van der Waals surface area contributed by atoms with Crippen LogP contribution in [0, 0.1) is 5.41 Å². The van der Waals surface area contributed by atoms with Gasteiger partial charge in [0.15, 0.2) is 0 Å². The van der Waals surface area contributed by atoms with E-state index in [4.69, 9.17) is 0 Å². The molecule has 2 aliphatic rings. The van der Waals surface area contributed by atoms with Gasteiger partial charge in [-0.3, -0.25) is 4.79 Å². The molecule has 102 valence electrons. The van der Waals surface area contributed by atoms with E-state index in [2.05, 4.69) is 23.1 Å². The number of aliphatic carboxylic acids is 1. The normalized spacial score (nSPS) is 21.2. The van der Waals surface area contributed by atoms with Crippen LogP contribution in [-0.4, -0.2) is 24.2 Å². The summed E-state index contributed by atoms with van der Waals surface area (Å²) in [5, 5.41) is 9.67. The molecule has 0 amide bonds. The number of carboxylic acids is 1. The quantitative estimate of drug-likeness (QED) is 0.906. The number of para-hydroxylation sites is 1. The van der Waals surface area contributed by atoms with Crippen LogP contribution in [0.1, 0.15) is 37.7 Å². The highest BCUT2D eigenvalue weighted by Gasteiger charge is 2.41. The van der Waals surface area contributed by atoms with Crippen LogP contribution in [0.2, 0.25) is 0 Å². The molecule has 1 aromatic rings. The van der Waals surface area contributed by atoms with Crippen molar-refractivity contribution in [1.82, 2.24) is 0 Å². The van der Waals surface area contributed by atoms with E-state index in [0.29, 0.717) is 6.54 Å².